The molecule has 168 valence electrons. The van der Waals surface area contributed by atoms with E-state index in [1.165, 1.54) is 24.3 Å². The van der Waals surface area contributed by atoms with Crippen molar-refractivity contribution in [2.24, 2.45) is 0 Å². The van der Waals surface area contributed by atoms with Crippen molar-refractivity contribution in [2.45, 2.75) is 42.5 Å². The van der Waals surface area contributed by atoms with Crippen LogP contribution in [0.2, 0.25) is 0 Å². The first-order valence-corrected chi connectivity index (χ1v) is 11.2. The molecule has 6 nitrogen and oxygen atoms in total. The normalized spacial score (nSPS) is 19.0. The molecule has 1 saturated heterocycles. The van der Waals surface area contributed by atoms with Crippen LogP contribution in [0, 0.1) is 0 Å². The minimum absolute atomic E-state index is 0.0637. The number of carbonyl (C=O) groups is 1. The van der Waals surface area contributed by atoms with Gasteiger partial charge in [-0.25, -0.2) is 8.42 Å². The van der Waals surface area contributed by atoms with Crippen LogP contribution in [0.1, 0.15) is 36.5 Å². The minimum atomic E-state index is -4.65. The van der Waals surface area contributed by atoms with Crippen LogP contribution in [0.4, 0.5) is 13.2 Å². The molecule has 0 saturated carbocycles. The Hall–Kier alpha value is -2.43. The van der Waals surface area contributed by atoms with E-state index in [4.69, 9.17) is 0 Å². The van der Waals surface area contributed by atoms with Crippen LogP contribution in [0.5, 0.6) is 0 Å². The van der Waals surface area contributed by atoms with Gasteiger partial charge in [0.15, 0.2) is 0 Å². The number of nitrogens with one attached hydrogen (secondary N) is 1. The van der Waals surface area contributed by atoms with Gasteiger partial charge in [0.25, 0.3) is 0 Å². The molecule has 0 radical (unpaired) electrons. The lowest BCUT2D eigenvalue weighted by Gasteiger charge is -2.33. The minimum Gasteiger partial charge on any atom is -0.387 e. The Morgan fingerprint density at radius 2 is 1.74 bits per heavy atom. The van der Waals surface area contributed by atoms with Crippen LogP contribution < -0.4 is 5.32 Å². The fourth-order valence-corrected chi connectivity index (χ4v) is 5.33. The smallest absolute Gasteiger partial charge is 0.387 e. The number of piperidine rings is 1. The Morgan fingerprint density at radius 1 is 1.10 bits per heavy atom. The highest BCUT2D eigenvalue weighted by Gasteiger charge is 2.38. The van der Waals surface area contributed by atoms with Crippen molar-refractivity contribution >= 4 is 15.9 Å². The van der Waals surface area contributed by atoms with Crippen molar-refractivity contribution < 1.29 is 31.5 Å². The van der Waals surface area contributed by atoms with E-state index in [1.54, 1.807) is 18.2 Å². The maximum absolute atomic E-state index is 13.2. The second-order valence-electron chi connectivity index (χ2n) is 7.29. The van der Waals surface area contributed by atoms with Crippen LogP contribution in [-0.4, -0.2) is 42.9 Å². The number of alkyl halides is 3. The molecule has 1 amide bonds. The standard InChI is InChI=1S/C21H23F3N2O4S/c22-21(23,24)17-11-5-4-10-16(17)19(27)14-25-20(28)18-12-6-7-13-26(18)31(29,30)15-8-2-1-3-9-15/h1-5,8-11,18-19,27H,6-7,12-14H2,(H,25,28). The molecular formula is C21H23F3N2O4S. The summed E-state index contributed by atoms with van der Waals surface area (Å²) in [5.41, 5.74) is -1.34. The van der Waals surface area contributed by atoms with Crippen molar-refractivity contribution in [3.8, 4) is 0 Å². The summed E-state index contributed by atoms with van der Waals surface area (Å²) in [4.78, 5) is 12.8. The average molecular weight is 456 g/mol. The first kappa shape index (κ1) is 23.2. The maximum Gasteiger partial charge on any atom is 0.416 e. The zero-order chi connectivity index (χ0) is 22.6. The second kappa shape index (κ2) is 9.37. The number of hydrogen-bond donors (Lipinski definition) is 2. The lowest BCUT2D eigenvalue weighted by atomic mass is 10.0. The van der Waals surface area contributed by atoms with E-state index in [0.29, 0.717) is 12.8 Å². The van der Waals surface area contributed by atoms with Gasteiger partial charge in [0.2, 0.25) is 15.9 Å². The van der Waals surface area contributed by atoms with Crippen LogP contribution in [0.3, 0.4) is 0 Å². The van der Waals surface area contributed by atoms with Gasteiger partial charge < -0.3 is 10.4 Å². The SMILES string of the molecule is O=C(NCC(O)c1ccccc1C(F)(F)F)C1CCCCN1S(=O)(=O)c1ccccc1. The summed E-state index contributed by atoms with van der Waals surface area (Å²) in [5, 5.41) is 12.7. The van der Waals surface area contributed by atoms with Gasteiger partial charge in [-0.15, -0.1) is 0 Å². The summed E-state index contributed by atoms with van der Waals surface area (Å²) in [6.45, 7) is -0.309. The first-order valence-electron chi connectivity index (χ1n) is 9.81. The number of sulfonamides is 1. The molecule has 1 fully saturated rings. The fourth-order valence-electron chi connectivity index (χ4n) is 3.65. The van der Waals surface area contributed by atoms with Gasteiger partial charge in [-0.2, -0.15) is 17.5 Å². The van der Waals surface area contributed by atoms with Gasteiger partial charge in [0, 0.05) is 13.1 Å². The molecule has 0 bridgehead atoms. The lowest BCUT2D eigenvalue weighted by Crippen LogP contribution is -2.52. The summed E-state index contributed by atoms with van der Waals surface area (Å²) in [5.74, 6) is -0.650. The van der Waals surface area contributed by atoms with Crippen molar-refractivity contribution in [1.29, 1.82) is 0 Å². The summed E-state index contributed by atoms with van der Waals surface area (Å²) < 4.78 is 66.6. The molecule has 2 aromatic carbocycles. The summed E-state index contributed by atoms with van der Waals surface area (Å²) >= 11 is 0. The van der Waals surface area contributed by atoms with E-state index in [2.05, 4.69) is 5.32 Å². The van der Waals surface area contributed by atoms with Crippen LogP contribution in [-0.2, 0) is 21.0 Å². The first-order chi connectivity index (χ1) is 14.6. The molecule has 10 heteroatoms. The topological polar surface area (TPSA) is 86.7 Å². The zero-order valence-corrected chi connectivity index (χ0v) is 17.4. The Labute approximate surface area is 178 Å². The highest BCUT2D eigenvalue weighted by Crippen LogP contribution is 2.34. The molecule has 3 rings (SSSR count). The number of nitrogens with zero attached hydrogens (tertiary/aromatic N) is 1. The molecule has 1 heterocycles. The lowest BCUT2D eigenvalue weighted by molar-refractivity contribution is -0.139. The third-order valence-corrected chi connectivity index (χ3v) is 7.12. The van der Waals surface area contributed by atoms with Crippen LogP contribution in [0.25, 0.3) is 0 Å². The summed E-state index contributed by atoms with van der Waals surface area (Å²) in [7, 11) is -3.91. The number of halogens is 3. The molecule has 2 unspecified atom stereocenters. The molecule has 0 spiro atoms. The molecular weight excluding hydrogens is 433 g/mol. The number of aliphatic hydroxyl groups is 1. The molecule has 1 aliphatic rings. The van der Waals surface area contributed by atoms with E-state index in [1.807, 2.05) is 0 Å². The number of hydrogen-bond acceptors (Lipinski definition) is 4. The molecule has 0 aromatic heterocycles. The van der Waals surface area contributed by atoms with Crippen molar-refractivity contribution in [2.75, 3.05) is 13.1 Å². The third-order valence-electron chi connectivity index (χ3n) is 5.20. The van der Waals surface area contributed by atoms with Crippen molar-refractivity contribution in [3.05, 3.63) is 65.7 Å². The highest BCUT2D eigenvalue weighted by atomic mass is 32.2. The van der Waals surface area contributed by atoms with E-state index >= 15 is 0 Å². The number of rotatable bonds is 6. The monoisotopic (exact) mass is 456 g/mol. The van der Waals surface area contributed by atoms with E-state index in [9.17, 15) is 31.5 Å². The fraction of sp³-hybridized carbons (Fsp3) is 0.381. The molecule has 31 heavy (non-hydrogen) atoms. The number of aliphatic hydroxyl groups excluding tert-OH is 1. The number of carbonyl (C=O) groups excluding carboxylic acids is 1. The largest absolute Gasteiger partial charge is 0.416 e. The number of amides is 1. The summed E-state index contributed by atoms with van der Waals surface area (Å²) in [6, 6.07) is 11.3. The average Bonchev–Trinajstić information content (AvgIpc) is 2.77. The molecule has 2 N–H and O–H groups in total. The quantitative estimate of drug-likeness (QED) is 0.700. The van der Waals surface area contributed by atoms with Gasteiger partial charge in [-0.3, -0.25) is 4.79 Å². The van der Waals surface area contributed by atoms with E-state index in [-0.39, 0.29) is 23.4 Å². The van der Waals surface area contributed by atoms with Gasteiger partial charge in [0.05, 0.1) is 16.6 Å². The predicted octanol–water partition coefficient (Wildman–Crippen LogP) is 3.10. The van der Waals surface area contributed by atoms with Gasteiger partial charge in [0.1, 0.15) is 6.04 Å². The van der Waals surface area contributed by atoms with Crippen LogP contribution in [0.15, 0.2) is 59.5 Å². The van der Waals surface area contributed by atoms with Crippen molar-refractivity contribution in [1.82, 2.24) is 9.62 Å². The summed E-state index contributed by atoms with van der Waals surface area (Å²) in [6.07, 6.45) is -4.72. The Morgan fingerprint density at radius 3 is 2.42 bits per heavy atom. The van der Waals surface area contributed by atoms with E-state index in [0.717, 1.165) is 16.4 Å². The van der Waals surface area contributed by atoms with Crippen molar-refractivity contribution in [3.63, 3.8) is 0 Å². The molecule has 1 aliphatic heterocycles. The Balaban J connectivity index is 1.74. The molecule has 2 aromatic rings. The second-order valence-corrected chi connectivity index (χ2v) is 9.18. The number of benzene rings is 2. The Bertz CT molecular complexity index is 1010. The van der Waals surface area contributed by atoms with Gasteiger partial charge in [-0.05, 0) is 36.6 Å². The van der Waals surface area contributed by atoms with Gasteiger partial charge >= 0.3 is 6.18 Å². The van der Waals surface area contributed by atoms with E-state index < -0.39 is 46.4 Å². The predicted molar refractivity (Wildman–Crippen MR) is 107 cm³/mol. The third kappa shape index (κ3) is 5.25. The Kier molecular flexibility index (Phi) is 7.03. The zero-order valence-electron chi connectivity index (χ0n) is 16.5. The van der Waals surface area contributed by atoms with Crippen LogP contribution >= 0.6 is 0 Å². The van der Waals surface area contributed by atoms with Gasteiger partial charge in [-0.1, -0.05) is 42.8 Å². The molecule has 2 atom stereocenters. The highest BCUT2D eigenvalue weighted by molar-refractivity contribution is 7.89. The molecule has 0 aliphatic carbocycles. The maximum atomic E-state index is 13.2.